The predicted molar refractivity (Wildman–Crippen MR) is 68.4 cm³/mol. The molecule has 100 valence electrons. The first-order valence-electron chi connectivity index (χ1n) is 5.20. The minimum atomic E-state index is -3.79. The van der Waals surface area contributed by atoms with E-state index in [1.165, 1.54) is 10.4 Å². The van der Waals surface area contributed by atoms with Crippen molar-refractivity contribution in [3.8, 4) is 0 Å². The van der Waals surface area contributed by atoms with E-state index in [-0.39, 0.29) is 18.0 Å². The number of hydrogen-bond acceptors (Lipinski definition) is 4. The number of halogens is 1. The molecule has 0 radical (unpaired) electrons. The van der Waals surface area contributed by atoms with Crippen molar-refractivity contribution in [3.05, 3.63) is 29.3 Å². The molecule has 0 N–H and O–H groups in total. The highest BCUT2D eigenvalue weighted by Gasteiger charge is 2.27. The van der Waals surface area contributed by atoms with Crippen molar-refractivity contribution in [2.45, 2.75) is 17.9 Å². The van der Waals surface area contributed by atoms with Crippen molar-refractivity contribution in [1.82, 2.24) is 4.31 Å². The van der Waals surface area contributed by atoms with Gasteiger partial charge in [-0.05, 0) is 23.6 Å². The van der Waals surface area contributed by atoms with Crippen LogP contribution in [0.5, 0.6) is 0 Å². The van der Waals surface area contributed by atoms with Crippen LogP contribution in [0.3, 0.4) is 0 Å². The van der Waals surface area contributed by atoms with Crippen LogP contribution in [0.15, 0.2) is 23.1 Å². The highest BCUT2D eigenvalue weighted by molar-refractivity contribution is 8.13. The van der Waals surface area contributed by atoms with Crippen LogP contribution in [0, 0.1) is 0 Å². The molecule has 0 unspecified atom stereocenters. The monoisotopic (exact) mass is 309 g/mol. The van der Waals surface area contributed by atoms with E-state index >= 15 is 0 Å². The van der Waals surface area contributed by atoms with Crippen LogP contribution in [-0.4, -0.2) is 33.9 Å². The summed E-state index contributed by atoms with van der Waals surface area (Å²) >= 11 is 0. The fraction of sp³-hybridized carbons (Fsp3) is 0.400. The summed E-state index contributed by atoms with van der Waals surface area (Å²) in [5, 5.41) is 0. The van der Waals surface area contributed by atoms with E-state index in [1.807, 2.05) is 0 Å². The minimum absolute atomic E-state index is 0.0785. The lowest BCUT2D eigenvalue weighted by atomic mass is 10.0. The van der Waals surface area contributed by atoms with Gasteiger partial charge in [0.25, 0.3) is 9.05 Å². The van der Waals surface area contributed by atoms with Crippen LogP contribution < -0.4 is 0 Å². The average molecular weight is 310 g/mol. The number of hydrogen-bond donors (Lipinski definition) is 0. The summed E-state index contributed by atoms with van der Waals surface area (Å²) < 4.78 is 47.1. The van der Waals surface area contributed by atoms with Crippen molar-refractivity contribution >= 4 is 29.8 Å². The molecule has 0 aromatic heterocycles. The zero-order valence-corrected chi connectivity index (χ0v) is 12.0. The highest BCUT2D eigenvalue weighted by Crippen LogP contribution is 2.28. The normalized spacial score (nSPS) is 17.4. The maximum atomic E-state index is 11.5. The fourth-order valence-corrected chi connectivity index (χ4v) is 4.06. The van der Waals surface area contributed by atoms with Crippen molar-refractivity contribution in [2.75, 3.05) is 12.8 Å². The molecule has 1 aromatic rings. The Hall–Kier alpha value is -0.630. The van der Waals surface area contributed by atoms with Gasteiger partial charge in [-0.25, -0.2) is 16.8 Å². The molecule has 1 aliphatic rings. The van der Waals surface area contributed by atoms with Gasteiger partial charge in [-0.2, -0.15) is 4.31 Å². The summed E-state index contributed by atoms with van der Waals surface area (Å²) in [5.41, 5.74) is 1.31. The average Bonchev–Trinajstić information content (AvgIpc) is 2.25. The molecule has 0 fully saturated rings. The first-order chi connectivity index (χ1) is 8.19. The van der Waals surface area contributed by atoms with E-state index in [9.17, 15) is 16.8 Å². The number of rotatable bonds is 2. The summed E-state index contributed by atoms with van der Waals surface area (Å²) in [5.74, 6) is 0. The topological polar surface area (TPSA) is 71.5 Å². The largest absolute Gasteiger partial charge is 0.261 e. The van der Waals surface area contributed by atoms with Crippen LogP contribution >= 0.6 is 10.7 Å². The Balaban J connectivity index is 2.49. The van der Waals surface area contributed by atoms with Gasteiger partial charge in [0.15, 0.2) is 0 Å². The molecule has 5 nitrogen and oxygen atoms in total. The molecule has 1 heterocycles. The maximum Gasteiger partial charge on any atom is 0.261 e. The lowest BCUT2D eigenvalue weighted by Gasteiger charge is -2.27. The molecule has 0 saturated carbocycles. The predicted octanol–water partition coefficient (Wildman–Crippen LogP) is 0.932. The molecule has 2 rings (SSSR count). The van der Waals surface area contributed by atoms with Gasteiger partial charge < -0.3 is 0 Å². The summed E-state index contributed by atoms with van der Waals surface area (Å²) in [4.78, 5) is 0.0785. The molecule has 0 amide bonds. The fourth-order valence-electron chi connectivity index (χ4n) is 2.06. The Morgan fingerprint density at radius 3 is 2.44 bits per heavy atom. The highest BCUT2D eigenvalue weighted by atomic mass is 35.7. The van der Waals surface area contributed by atoms with Gasteiger partial charge in [0.2, 0.25) is 10.0 Å². The Labute approximate surface area is 111 Å². The van der Waals surface area contributed by atoms with E-state index < -0.39 is 19.1 Å². The molecule has 18 heavy (non-hydrogen) atoms. The van der Waals surface area contributed by atoms with Crippen molar-refractivity contribution in [3.63, 3.8) is 0 Å². The van der Waals surface area contributed by atoms with E-state index in [0.717, 1.165) is 6.26 Å². The van der Waals surface area contributed by atoms with Crippen LogP contribution in [0.4, 0.5) is 0 Å². The Morgan fingerprint density at radius 2 is 1.89 bits per heavy atom. The zero-order chi connectivity index (χ0) is 13.6. The number of fused-ring (bicyclic) bond motifs is 1. The standard InChI is InChI=1S/C10H12ClNO4S2/c1-17(13,14)12-6-5-9-8(7-12)3-2-4-10(9)18(11,15)16/h2-4H,5-7H2,1H3. The third kappa shape index (κ3) is 2.69. The Morgan fingerprint density at radius 1 is 1.22 bits per heavy atom. The second kappa shape index (κ2) is 4.48. The second-order valence-corrected chi connectivity index (χ2v) is 8.70. The molecule has 0 saturated heterocycles. The van der Waals surface area contributed by atoms with Crippen LogP contribution in [-0.2, 0) is 32.0 Å². The third-order valence-corrected chi connectivity index (χ3v) is 5.58. The maximum absolute atomic E-state index is 11.5. The van der Waals surface area contributed by atoms with Crippen LogP contribution in [0.25, 0.3) is 0 Å². The van der Waals surface area contributed by atoms with Crippen LogP contribution in [0.2, 0.25) is 0 Å². The minimum Gasteiger partial charge on any atom is -0.212 e. The van der Waals surface area contributed by atoms with E-state index in [0.29, 0.717) is 17.5 Å². The van der Waals surface area contributed by atoms with Crippen molar-refractivity contribution < 1.29 is 16.8 Å². The molecular weight excluding hydrogens is 298 g/mol. The van der Waals surface area contributed by atoms with Gasteiger partial charge in [0.05, 0.1) is 11.2 Å². The zero-order valence-electron chi connectivity index (χ0n) is 9.63. The summed E-state index contributed by atoms with van der Waals surface area (Å²) in [6, 6.07) is 4.73. The smallest absolute Gasteiger partial charge is 0.212 e. The van der Waals surface area contributed by atoms with Gasteiger partial charge in [0, 0.05) is 23.8 Å². The summed E-state index contributed by atoms with van der Waals surface area (Å²) in [7, 11) is -1.70. The first kappa shape index (κ1) is 13.8. The number of benzene rings is 1. The Bertz CT molecular complexity index is 682. The summed E-state index contributed by atoms with van der Waals surface area (Å²) in [6.07, 6.45) is 1.49. The van der Waals surface area contributed by atoms with Gasteiger partial charge in [0.1, 0.15) is 0 Å². The van der Waals surface area contributed by atoms with Crippen molar-refractivity contribution in [1.29, 1.82) is 0 Å². The molecule has 1 aromatic carbocycles. The van der Waals surface area contributed by atoms with E-state index in [2.05, 4.69) is 0 Å². The molecular formula is C10H12ClNO4S2. The number of nitrogens with zero attached hydrogens (tertiary/aromatic N) is 1. The van der Waals surface area contributed by atoms with E-state index in [4.69, 9.17) is 10.7 Å². The first-order valence-corrected chi connectivity index (χ1v) is 9.36. The molecule has 0 bridgehead atoms. The molecule has 0 spiro atoms. The SMILES string of the molecule is CS(=O)(=O)N1CCc2c(cccc2S(=O)(=O)Cl)C1. The molecule has 1 aliphatic heterocycles. The molecule has 8 heteroatoms. The van der Waals surface area contributed by atoms with Crippen LogP contribution in [0.1, 0.15) is 11.1 Å². The van der Waals surface area contributed by atoms with Gasteiger partial charge in [-0.15, -0.1) is 0 Å². The van der Waals surface area contributed by atoms with Gasteiger partial charge in [-0.3, -0.25) is 0 Å². The quantitative estimate of drug-likeness (QED) is 0.762. The summed E-state index contributed by atoms with van der Waals surface area (Å²) in [6.45, 7) is 0.462. The third-order valence-electron chi connectivity index (χ3n) is 2.92. The number of sulfonamides is 1. The molecule has 0 aliphatic carbocycles. The lowest BCUT2D eigenvalue weighted by molar-refractivity contribution is 0.392. The van der Waals surface area contributed by atoms with Crippen molar-refractivity contribution in [2.24, 2.45) is 0 Å². The van der Waals surface area contributed by atoms with Gasteiger partial charge >= 0.3 is 0 Å². The van der Waals surface area contributed by atoms with E-state index in [1.54, 1.807) is 12.1 Å². The second-order valence-electron chi connectivity index (χ2n) is 4.18. The molecule has 0 atom stereocenters. The Kier molecular flexibility index (Phi) is 3.44. The lowest BCUT2D eigenvalue weighted by Crippen LogP contribution is -2.35. The van der Waals surface area contributed by atoms with Gasteiger partial charge in [-0.1, -0.05) is 12.1 Å².